The fourth-order valence-electron chi connectivity index (χ4n) is 4.35. The molecular formula is C17H28N6O. The summed E-state index contributed by atoms with van der Waals surface area (Å²) in [5.74, 6) is 3.05. The maximum atomic E-state index is 12.5. The van der Waals surface area contributed by atoms with Crippen LogP contribution in [0.3, 0.4) is 0 Å². The second-order valence-corrected chi connectivity index (χ2v) is 8.22. The third-order valence-corrected chi connectivity index (χ3v) is 5.63. The maximum Gasteiger partial charge on any atom is 0.317 e. The van der Waals surface area contributed by atoms with Crippen LogP contribution in [0.15, 0.2) is 0 Å². The van der Waals surface area contributed by atoms with Crippen molar-refractivity contribution in [2.24, 2.45) is 11.8 Å². The van der Waals surface area contributed by atoms with Crippen molar-refractivity contribution in [3.8, 4) is 0 Å². The Bertz CT molecular complexity index is 624. The topological polar surface area (TPSA) is 77.2 Å². The van der Waals surface area contributed by atoms with E-state index < -0.39 is 0 Å². The third kappa shape index (κ3) is 2.79. The molecule has 2 aliphatic heterocycles. The number of aromatic nitrogens is 3. The van der Waals surface area contributed by atoms with Gasteiger partial charge in [-0.25, -0.2) is 9.78 Å². The van der Waals surface area contributed by atoms with Crippen LogP contribution < -0.4 is 5.32 Å². The summed E-state index contributed by atoms with van der Waals surface area (Å²) >= 11 is 0. The number of hydrogen-bond acceptors (Lipinski definition) is 4. The number of aromatic amines is 1. The molecule has 0 radical (unpaired) electrons. The van der Waals surface area contributed by atoms with Gasteiger partial charge in [-0.3, -0.25) is 5.10 Å². The summed E-state index contributed by atoms with van der Waals surface area (Å²) in [6.07, 6.45) is 2.74. The maximum absolute atomic E-state index is 12.5. The van der Waals surface area contributed by atoms with Gasteiger partial charge in [-0.2, -0.15) is 5.10 Å². The number of nitrogens with zero attached hydrogens (tertiary/aromatic N) is 4. The second kappa shape index (κ2) is 5.72. The Labute approximate surface area is 143 Å². The minimum Gasteiger partial charge on any atom is -0.336 e. The van der Waals surface area contributed by atoms with Crippen molar-refractivity contribution >= 4 is 6.03 Å². The van der Waals surface area contributed by atoms with Crippen LogP contribution >= 0.6 is 0 Å². The lowest BCUT2D eigenvalue weighted by Gasteiger charge is -2.27. The highest BCUT2D eigenvalue weighted by Crippen LogP contribution is 2.44. The van der Waals surface area contributed by atoms with Crippen LogP contribution in [0, 0.1) is 18.8 Å². The molecule has 132 valence electrons. The van der Waals surface area contributed by atoms with Crippen molar-refractivity contribution in [1.29, 1.82) is 0 Å². The molecule has 0 spiro atoms. The zero-order valence-electron chi connectivity index (χ0n) is 14.9. The molecule has 3 fully saturated rings. The van der Waals surface area contributed by atoms with E-state index in [9.17, 15) is 4.79 Å². The number of urea groups is 1. The molecule has 1 aromatic heterocycles. The van der Waals surface area contributed by atoms with Crippen LogP contribution in [-0.2, 0) is 5.41 Å². The molecule has 3 aliphatic rings. The predicted molar refractivity (Wildman–Crippen MR) is 90.7 cm³/mol. The van der Waals surface area contributed by atoms with Gasteiger partial charge >= 0.3 is 6.03 Å². The Morgan fingerprint density at radius 2 is 2.17 bits per heavy atom. The van der Waals surface area contributed by atoms with Crippen LogP contribution in [-0.4, -0.2) is 69.8 Å². The van der Waals surface area contributed by atoms with E-state index in [1.165, 1.54) is 19.4 Å². The number of aryl methyl sites for hydroxylation is 1. The number of hydrogen-bond donors (Lipinski definition) is 2. The van der Waals surface area contributed by atoms with E-state index >= 15 is 0 Å². The standard InChI is InChI=1S/C17H28N6O/c1-11(2)18-16(24)23-8-14-7-22(6-13-4-5-13)9-17(14,10-23)15-19-12(3)20-21-15/h11,13-14H,4-10H2,1-3H3,(H,18,24)(H,19,20,21)/t14-,17-/m1/s1. The van der Waals surface area contributed by atoms with Crippen molar-refractivity contribution in [3.05, 3.63) is 11.6 Å². The summed E-state index contributed by atoms with van der Waals surface area (Å²) in [4.78, 5) is 21.7. The van der Waals surface area contributed by atoms with Gasteiger partial charge in [-0.15, -0.1) is 0 Å². The first-order chi connectivity index (χ1) is 11.5. The number of carbonyl (C=O) groups is 1. The minimum atomic E-state index is -0.117. The van der Waals surface area contributed by atoms with Gasteiger partial charge in [0.15, 0.2) is 5.82 Å². The van der Waals surface area contributed by atoms with E-state index in [4.69, 9.17) is 0 Å². The van der Waals surface area contributed by atoms with Crippen molar-refractivity contribution in [3.63, 3.8) is 0 Å². The monoisotopic (exact) mass is 332 g/mol. The molecule has 1 saturated carbocycles. The summed E-state index contributed by atoms with van der Waals surface area (Å²) in [5.41, 5.74) is -0.117. The van der Waals surface area contributed by atoms with Crippen LogP contribution in [0.25, 0.3) is 0 Å². The van der Waals surface area contributed by atoms with E-state index in [-0.39, 0.29) is 17.5 Å². The largest absolute Gasteiger partial charge is 0.336 e. The highest BCUT2D eigenvalue weighted by molar-refractivity contribution is 5.75. The highest BCUT2D eigenvalue weighted by atomic mass is 16.2. The van der Waals surface area contributed by atoms with Gasteiger partial charge in [-0.1, -0.05) is 0 Å². The van der Waals surface area contributed by atoms with E-state index in [0.717, 1.165) is 37.2 Å². The molecule has 2 amide bonds. The lowest BCUT2D eigenvalue weighted by molar-refractivity contribution is 0.194. The molecule has 7 nitrogen and oxygen atoms in total. The lowest BCUT2D eigenvalue weighted by Crippen LogP contribution is -2.45. The molecule has 2 N–H and O–H groups in total. The van der Waals surface area contributed by atoms with Gasteiger partial charge in [0.1, 0.15) is 5.82 Å². The van der Waals surface area contributed by atoms with Crippen molar-refractivity contribution in [2.75, 3.05) is 32.7 Å². The highest BCUT2D eigenvalue weighted by Gasteiger charge is 2.57. The Hall–Kier alpha value is -1.63. The Morgan fingerprint density at radius 1 is 1.38 bits per heavy atom. The number of H-pyrrole nitrogens is 1. The number of rotatable bonds is 4. The van der Waals surface area contributed by atoms with Gasteiger partial charge in [0.05, 0.1) is 5.41 Å². The SMILES string of the molecule is Cc1nc([C@@]23CN(CC4CC4)C[C@@H]2CN(C(=O)NC(C)C)C3)n[nH]1. The van der Waals surface area contributed by atoms with E-state index in [0.29, 0.717) is 12.5 Å². The first-order valence-electron chi connectivity index (χ1n) is 9.13. The van der Waals surface area contributed by atoms with Crippen LogP contribution in [0.5, 0.6) is 0 Å². The Kier molecular flexibility index (Phi) is 3.78. The normalized spacial score (nSPS) is 30.2. The molecular weight excluding hydrogens is 304 g/mol. The number of amides is 2. The summed E-state index contributed by atoms with van der Waals surface area (Å²) in [6, 6.07) is 0.200. The molecule has 4 rings (SSSR count). The van der Waals surface area contributed by atoms with Crippen molar-refractivity contribution in [2.45, 2.75) is 45.1 Å². The smallest absolute Gasteiger partial charge is 0.317 e. The second-order valence-electron chi connectivity index (χ2n) is 8.22. The van der Waals surface area contributed by atoms with Gasteiger partial charge in [0.2, 0.25) is 0 Å². The van der Waals surface area contributed by atoms with Gasteiger partial charge in [-0.05, 0) is 39.5 Å². The summed E-state index contributed by atoms with van der Waals surface area (Å²) in [7, 11) is 0. The number of fused-ring (bicyclic) bond motifs is 1. The fraction of sp³-hybridized carbons (Fsp3) is 0.824. The van der Waals surface area contributed by atoms with E-state index in [1.54, 1.807) is 0 Å². The number of nitrogens with one attached hydrogen (secondary N) is 2. The van der Waals surface area contributed by atoms with Crippen molar-refractivity contribution < 1.29 is 4.79 Å². The quantitative estimate of drug-likeness (QED) is 0.866. The molecule has 0 unspecified atom stereocenters. The summed E-state index contributed by atoms with van der Waals surface area (Å²) < 4.78 is 0. The average Bonchev–Trinajstić information content (AvgIpc) is 2.91. The molecule has 0 aromatic carbocycles. The molecule has 2 atom stereocenters. The Balaban J connectivity index is 1.56. The molecule has 7 heteroatoms. The third-order valence-electron chi connectivity index (χ3n) is 5.63. The first-order valence-corrected chi connectivity index (χ1v) is 9.13. The molecule has 1 aromatic rings. The van der Waals surface area contributed by atoms with Crippen LogP contribution in [0.4, 0.5) is 4.79 Å². The predicted octanol–water partition coefficient (Wildman–Crippen LogP) is 1.13. The van der Waals surface area contributed by atoms with Crippen LogP contribution in [0.1, 0.15) is 38.3 Å². The van der Waals surface area contributed by atoms with Crippen molar-refractivity contribution in [1.82, 2.24) is 30.3 Å². The molecule has 1 aliphatic carbocycles. The Morgan fingerprint density at radius 3 is 2.79 bits per heavy atom. The van der Waals surface area contributed by atoms with Gasteiger partial charge in [0, 0.05) is 44.7 Å². The zero-order chi connectivity index (χ0) is 16.9. The van der Waals surface area contributed by atoms with Gasteiger partial charge < -0.3 is 15.1 Å². The van der Waals surface area contributed by atoms with E-state index in [1.807, 2.05) is 25.7 Å². The molecule has 3 heterocycles. The lowest BCUT2D eigenvalue weighted by atomic mass is 9.80. The zero-order valence-corrected chi connectivity index (χ0v) is 14.9. The summed E-state index contributed by atoms with van der Waals surface area (Å²) in [5, 5.41) is 10.5. The molecule has 2 saturated heterocycles. The van der Waals surface area contributed by atoms with Crippen LogP contribution in [0.2, 0.25) is 0 Å². The average molecular weight is 332 g/mol. The molecule has 24 heavy (non-hydrogen) atoms. The van der Waals surface area contributed by atoms with E-state index in [2.05, 4.69) is 25.4 Å². The van der Waals surface area contributed by atoms with Gasteiger partial charge in [0.25, 0.3) is 0 Å². The fourth-order valence-corrected chi connectivity index (χ4v) is 4.35. The summed E-state index contributed by atoms with van der Waals surface area (Å²) in [6.45, 7) is 10.7. The first kappa shape index (κ1) is 15.9. The number of carbonyl (C=O) groups excluding carboxylic acids is 1. The minimum absolute atomic E-state index is 0.0415. The molecule has 0 bridgehead atoms. The number of likely N-dealkylation sites (tertiary alicyclic amines) is 2.